The Bertz CT molecular complexity index is 180. The molecule has 0 radical (unpaired) electrons. The molecule has 0 spiro atoms. The lowest BCUT2D eigenvalue weighted by Crippen LogP contribution is -2.00. The maximum Gasteiger partial charge on any atom is 0.0692 e. The first-order valence-electron chi connectivity index (χ1n) is 5.20. The van der Waals surface area contributed by atoms with Crippen LogP contribution >= 0.6 is 0 Å². The quantitative estimate of drug-likeness (QED) is 0.611. The molecule has 0 saturated heterocycles. The highest BCUT2D eigenvalue weighted by Crippen LogP contribution is 2.57. The van der Waals surface area contributed by atoms with Crippen LogP contribution in [0.3, 0.4) is 0 Å². The van der Waals surface area contributed by atoms with Crippen molar-refractivity contribution >= 4 is 0 Å². The highest BCUT2D eigenvalue weighted by molar-refractivity contribution is 5.15. The first kappa shape index (κ1) is 9.58. The normalized spacial score (nSPS) is 32.9. The first-order chi connectivity index (χ1) is 5.79. The van der Waals surface area contributed by atoms with Crippen LogP contribution in [0.15, 0.2) is 0 Å². The molecule has 1 nitrogen and oxygen atoms in total. The molecule has 1 fully saturated rings. The van der Waals surface area contributed by atoms with Gasteiger partial charge in [-0.1, -0.05) is 33.1 Å². The molecule has 1 rings (SSSR count). The zero-order valence-electron chi connectivity index (χ0n) is 8.27. The maximum absolute atomic E-state index is 9.03. The summed E-state index contributed by atoms with van der Waals surface area (Å²) in [6.45, 7) is 4.41. The van der Waals surface area contributed by atoms with Gasteiger partial charge in [-0.25, -0.2) is 0 Å². The number of hydrogen-bond donors (Lipinski definition) is 0. The average molecular weight is 165 g/mol. The van der Waals surface area contributed by atoms with Gasteiger partial charge in [-0.2, -0.15) is 5.26 Å². The highest BCUT2D eigenvalue weighted by atomic mass is 14.6. The largest absolute Gasteiger partial charge is 0.198 e. The van der Waals surface area contributed by atoms with Gasteiger partial charge in [0.15, 0.2) is 0 Å². The predicted molar refractivity (Wildman–Crippen MR) is 50.6 cm³/mol. The van der Waals surface area contributed by atoms with Crippen molar-refractivity contribution in [2.45, 2.75) is 52.4 Å². The molecule has 68 valence electrons. The molecule has 2 atom stereocenters. The summed E-state index contributed by atoms with van der Waals surface area (Å²) >= 11 is 0. The highest BCUT2D eigenvalue weighted by Gasteiger charge is 2.52. The minimum absolute atomic E-state index is 0.117. The van der Waals surface area contributed by atoms with E-state index in [0.717, 1.165) is 12.3 Å². The van der Waals surface area contributed by atoms with Crippen molar-refractivity contribution in [3.05, 3.63) is 0 Å². The lowest BCUT2D eigenvalue weighted by atomic mass is 9.96. The van der Waals surface area contributed by atoms with Crippen LogP contribution in [0, 0.1) is 22.7 Å². The van der Waals surface area contributed by atoms with E-state index >= 15 is 0 Å². The third-order valence-corrected chi connectivity index (χ3v) is 3.07. The van der Waals surface area contributed by atoms with Crippen LogP contribution in [-0.4, -0.2) is 0 Å². The van der Waals surface area contributed by atoms with Gasteiger partial charge in [-0.3, -0.25) is 0 Å². The van der Waals surface area contributed by atoms with Gasteiger partial charge in [-0.05, 0) is 25.2 Å². The first-order valence-corrected chi connectivity index (χ1v) is 5.20. The summed E-state index contributed by atoms with van der Waals surface area (Å²) in [5.74, 6) is 0.735. The van der Waals surface area contributed by atoms with Gasteiger partial charge >= 0.3 is 0 Å². The zero-order valence-corrected chi connectivity index (χ0v) is 8.27. The molecule has 1 aliphatic rings. The molecule has 0 amide bonds. The van der Waals surface area contributed by atoms with E-state index in [0.29, 0.717) is 0 Å². The predicted octanol–water partition coefficient (Wildman–Crippen LogP) is 3.51. The molecule has 0 heterocycles. The molecule has 1 aliphatic carbocycles. The third-order valence-electron chi connectivity index (χ3n) is 3.07. The van der Waals surface area contributed by atoms with Crippen molar-refractivity contribution in [3.8, 4) is 6.07 Å². The summed E-state index contributed by atoms with van der Waals surface area (Å²) in [6, 6.07) is 2.52. The van der Waals surface area contributed by atoms with E-state index in [4.69, 9.17) is 5.26 Å². The smallest absolute Gasteiger partial charge is 0.0692 e. The van der Waals surface area contributed by atoms with Gasteiger partial charge in [0, 0.05) is 0 Å². The Morgan fingerprint density at radius 3 is 2.67 bits per heavy atom. The van der Waals surface area contributed by atoms with Crippen LogP contribution in [0.5, 0.6) is 0 Å². The van der Waals surface area contributed by atoms with Gasteiger partial charge in [0.25, 0.3) is 0 Å². The van der Waals surface area contributed by atoms with E-state index in [1.807, 2.05) is 0 Å². The molecule has 2 unspecified atom stereocenters. The molecular formula is C11H19N. The van der Waals surface area contributed by atoms with E-state index in [-0.39, 0.29) is 5.41 Å². The Labute approximate surface area is 75.8 Å². The van der Waals surface area contributed by atoms with Crippen LogP contribution in [0.25, 0.3) is 0 Å². The van der Waals surface area contributed by atoms with Gasteiger partial charge in [0.2, 0.25) is 0 Å². The molecule has 12 heavy (non-hydrogen) atoms. The third kappa shape index (κ3) is 1.80. The van der Waals surface area contributed by atoms with Gasteiger partial charge in [0.05, 0.1) is 11.5 Å². The second kappa shape index (κ2) is 3.94. The summed E-state index contributed by atoms with van der Waals surface area (Å²) in [4.78, 5) is 0. The fourth-order valence-electron chi connectivity index (χ4n) is 2.10. The Kier molecular flexibility index (Phi) is 3.14. The van der Waals surface area contributed by atoms with Gasteiger partial charge in [0.1, 0.15) is 0 Å². The summed E-state index contributed by atoms with van der Waals surface area (Å²) < 4.78 is 0. The lowest BCUT2D eigenvalue weighted by molar-refractivity contribution is 0.486. The standard InChI is InChI=1S/C11H19N/c1-3-5-7-11(9-12)8-10(11)6-4-2/h10H,3-8H2,1-2H3. The van der Waals surface area contributed by atoms with Crippen LogP contribution in [0.1, 0.15) is 52.4 Å². The van der Waals surface area contributed by atoms with Crippen molar-refractivity contribution in [3.63, 3.8) is 0 Å². The number of nitriles is 1. The fraction of sp³-hybridized carbons (Fsp3) is 0.909. The number of nitrogens with zero attached hydrogens (tertiary/aromatic N) is 1. The van der Waals surface area contributed by atoms with Crippen LogP contribution in [0.4, 0.5) is 0 Å². The summed E-state index contributed by atoms with van der Waals surface area (Å²) in [7, 11) is 0. The molecule has 0 aromatic rings. The van der Waals surface area contributed by atoms with E-state index in [2.05, 4.69) is 19.9 Å². The van der Waals surface area contributed by atoms with E-state index in [1.54, 1.807) is 0 Å². The van der Waals surface area contributed by atoms with Crippen molar-refractivity contribution in [2.24, 2.45) is 11.3 Å². The average Bonchev–Trinajstić information content (AvgIpc) is 2.77. The van der Waals surface area contributed by atoms with E-state index in [1.165, 1.54) is 32.1 Å². The summed E-state index contributed by atoms with van der Waals surface area (Å²) in [5.41, 5.74) is 0.117. The molecule has 0 aromatic carbocycles. The number of rotatable bonds is 5. The van der Waals surface area contributed by atoms with Crippen molar-refractivity contribution in [2.75, 3.05) is 0 Å². The van der Waals surface area contributed by atoms with Crippen molar-refractivity contribution < 1.29 is 0 Å². The molecule has 1 saturated carbocycles. The second-order valence-corrected chi connectivity index (χ2v) is 4.06. The topological polar surface area (TPSA) is 23.8 Å². The molecule has 1 heteroatoms. The van der Waals surface area contributed by atoms with Crippen molar-refractivity contribution in [1.29, 1.82) is 5.26 Å². The molecule has 0 bridgehead atoms. The van der Waals surface area contributed by atoms with Crippen LogP contribution < -0.4 is 0 Å². The summed E-state index contributed by atoms with van der Waals surface area (Å²) in [6.07, 6.45) is 7.27. The Morgan fingerprint density at radius 1 is 1.42 bits per heavy atom. The SMILES string of the molecule is CCCCC1(C#N)CC1CCC. The van der Waals surface area contributed by atoms with Crippen LogP contribution in [0.2, 0.25) is 0 Å². The summed E-state index contributed by atoms with van der Waals surface area (Å²) in [5, 5.41) is 9.03. The second-order valence-electron chi connectivity index (χ2n) is 4.06. The van der Waals surface area contributed by atoms with Gasteiger partial charge in [-0.15, -0.1) is 0 Å². The Hall–Kier alpha value is -0.510. The fourth-order valence-corrected chi connectivity index (χ4v) is 2.10. The monoisotopic (exact) mass is 165 g/mol. The molecular weight excluding hydrogens is 146 g/mol. The van der Waals surface area contributed by atoms with Gasteiger partial charge < -0.3 is 0 Å². The van der Waals surface area contributed by atoms with E-state index in [9.17, 15) is 0 Å². The number of unbranched alkanes of at least 4 members (excludes halogenated alkanes) is 1. The molecule has 0 N–H and O–H groups in total. The zero-order chi connectivity index (χ0) is 9.03. The molecule has 0 aliphatic heterocycles. The lowest BCUT2D eigenvalue weighted by Gasteiger charge is -2.05. The minimum Gasteiger partial charge on any atom is -0.198 e. The van der Waals surface area contributed by atoms with Crippen LogP contribution in [-0.2, 0) is 0 Å². The Balaban J connectivity index is 2.32. The Morgan fingerprint density at radius 2 is 2.17 bits per heavy atom. The van der Waals surface area contributed by atoms with E-state index < -0.39 is 0 Å². The molecule has 0 aromatic heterocycles. The minimum atomic E-state index is 0.117. The number of hydrogen-bond acceptors (Lipinski definition) is 1. The maximum atomic E-state index is 9.03. The van der Waals surface area contributed by atoms with Crippen molar-refractivity contribution in [1.82, 2.24) is 0 Å².